The fraction of sp³-hybridized carbons (Fsp3) is 0.333. The summed E-state index contributed by atoms with van der Waals surface area (Å²) in [5.74, 6) is -0.285. The maximum atomic E-state index is 13.6. The predicted octanol–water partition coefficient (Wildman–Crippen LogP) is 4.20. The molecule has 6 heterocycles. The minimum atomic E-state index is -3.15. The highest BCUT2D eigenvalue weighted by molar-refractivity contribution is 5.97. The fourth-order valence-electron chi connectivity index (χ4n) is 5.71. The van der Waals surface area contributed by atoms with Crippen molar-refractivity contribution in [1.29, 1.82) is 0 Å². The van der Waals surface area contributed by atoms with Crippen LogP contribution in [0.3, 0.4) is 0 Å². The molecule has 0 fully saturated rings. The molecular formula is C27H23F2N5O4. The van der Waals surface area contributed by atoms with E-state index in [-0.39, 0.29) is 23.3 Å². The molecular weight excluding hydrogens is 496 g/mol. The molecule has 2 bridgehead atoms. The van der Waals surface area contributed by atoms with E-state index in [0.29, 0.717) is 52.7 Å². The van der Waals surface area contributed by atoms with E-state index in [1.807, 2.05) is 0 Å². The second-order valence-electron chi connectivity index (χ2n) is 9.86. The third kappa shape index (κ3) is 3.24. The number of benzene rings is 1. The van der Waals surface area contributed by atoms with Gasteiger partial charge in [-0.2, -0.15) is 8.78 Å². The Hall–Kier alpha value is -4.12. The number of hydrogen-bond donors (Lipinski definition) is 1. The van der Waals surface area contributed by atoms with Gasteiger partial charge in [-0.05, 0) is 37.3 Å². The monoisotopic (exact) mass is 522 g/mol. The van der Waals surface area contributed by atoms with E-state index >= 15 is 0 Å². The minimum Gasteiger partial charge on any atom is -0.491 e. The number of alkyl halides is 2. The number of amides is 1. The van der Waals surface area contributed by atoms with Crippen LogP contribution in [0, 0.1) is 0 Å². The summed E-state index contributed by atoms with van der Waals surface area (Å²) in [5, 5.41) is 10.7. The van der Waals surface area contributed by atoms with Crippen molar-refractivity contribution in [3.63, 3.8) is 0 Å². The van der Waals surface area contributed by atoms with Crippen molar-refractivity contribution in [1.82, 2.24) is 24.4 Å². The van der Waals surface area contributed by atoms with Gasteiger partial charge in [0, 0.05) is 46.8 Å². The second-order valence-corrected chi connectivity index (χ2v) is 9.86. The van der Waals surface area contributed by atoms with E-state index in [1.54, 1.807) is 35.9 Å². The number of fused-ring (bicyclic) bond motifs is 10. The van der Waals surface area contributed by atoms with Crippen LogP contribution in [0.5, 0.6) is 11.5 Å². The van der Waals surface area contributed by atoms with Crippen molar-refractivity contribution in [3.05, 3.63) is 65.2 Å². The van der Waals surface area contributed by atoms with Crippen molar-refractivity contribution >= 4 is 17.1 Å². The summed E-state index contributed by atoms with van der Waals surface area (Å²) in [6.07, 6.45) is 2.09. The van der Waals surface area contributed by atoms with Crippen molar-refractivity contribution < 1.29 is 32.3 Å². The van der Waals surface area contributed by atoms with Crippen molar-refractivity contribution in [2.24, 2.45) is 0 Å². The van der Waals surface area contributed by atoms with Crippen molar-refractivity contribution in [3.8, 4) is 22.8 Å². The molecule has 0 saturated heterocycles. The summed E-state index contributed by atoms with van der Waals surface area (Å²) in [5.41, 5.74) is 1.38. The first kappa shape index (κ1) is 19.9. The van der Waals surface area contributed by atoms with Gasteiger partial charge in [0.25, 0.3) is 5.91 Å². The molecule has 0 aliphatic carbocycles. The lowest BCUT2D eigenvalue weighted by Crippen LogP contribution is -2.30. The molecule has 0 saturated carbocycles. The molecule has 3 atom stereocenters. The van der Waals surface area contributed by atoms with Crippen LogP contribution in [0.4, 0.5) is 8.78 Å². The summed E-state index contributed by atoms with van der Waals surface area (Å²) >= 11 is 0. The number of ether oxygens (including phenoxy) is 2. The van der Waals surface area contributed by atoms with Crippen LogP contribution in [0.25, 0.3) is 22.4 Å². The van der Waals surface area contributed by atoms with Gasteiger partial charge in [0.2, 0.25) is 0 Å². The Balaban J connectivity index is 1.43. The smallest absolute Gasteiger partial charge is 0.387 e. The average molecular weight is 523 g/mol. The molecule has 194 valence electrons. The molecule has 3 aromatic heterocycles. The third-order valence-electron chi connectivity index (χ3n) is 7.50. The van der Waals surface area contributed by atoms with Crippen LogP contribution in [-0.4, -0.2) is 55.6 Å². The van der Waals surface area contributed by atoms with Gasteiger partial charge in [0.05, 0.1) is 24.4 Å². The summed E-state index contributed by atoms with van der Waals surface area (Å²) in [7, 11) is 0. The lowest BCUT2D eigenvalue weighted by Gasteiger charge is -2.29. The first-order chi connectivity index (χ1) is 19.4. The van der Waals surface area contributed by atoms with Gasteiger partial charge < -0.3 is 24.0 Å². The topological polar surface area (TPSA) is 103 Å². The van der Waals surface area contributed by atoms with Crippen LogP contribution in [0.15, 0.2) is 42.6 Å². The number of nitrogens with zero attached hydrogens (tertiary/aromatic N) is 5. The second kappa shape index (κ2) is 7.94. The quantitative estimate of drug-likeness (QED) is 0.430. The highest BCUT2D eigenvalue weighted by atomic mass is 19.3. The molecule has 1 amide bonds. The van der Waals surface area contributed by atoms with Crippen LogP contribution in [-0.2, 0) is 5.60 Å². The molecule has 0 spiro atoms. The van der Waals surface area contributed by atoms with Crippen LogP contribution in [0.2, 0.25) is 0 Å². The van der Waals surface area contributed by atoms with Crippen LogP contribution < -0.4 is 9.47 Å². The van der Waals surface area contributed by atoms with Gasteiger partial charge >= 0.3 is 6.61 Å². The summed E-state index contributed by atoms with van der Waals surface area (Å²) < 4.78 is 63.5. The summed E-state index contributed by atoms with van der Waals surface area (Å²) in [6, 6.07) is 7.63. The van der Waals surface area contributed by atoms with E-state index < -0.39 is 37.2 Å². The normalized spacial score (nSPS) is 25.1. The van der Waals surface area contributed by atoms with Gasteiger partial charge in [-0.25, -0.2) is 9.97 Å². The average Bonchev–Trinajstić information content (AvgIpc) is 3.40. The first-order valence-corrected chi connectivity index (χ1v) is 12.1. The molecule has 0 radical (unpaired) electrons. The first-order valence-electron chi connectivity index (χ1n) is 13.6. The lowest BCUT2D eigenvalue weighted by molar-refractivity contribution is -0.0507. The summed E-state index contributed by atoms with van der Waals surface area (Å²) in [4.78, 5) is 28.3. The van der Waals surface area contributed by atoms with E-state index in [9.17, 15) is 18.7 Å². The Morgan fingerprint density at radius 3 is 2.95 bits per heavy atom. The van der Waals surface area contributed by atoms with E-state index in [1.165, 1.54) is 18.2 Å². The number of rotatable bonds is 3. The minimum absolute atomic E-state index is 0.0291. The van der Waals surface area contributed by atoms with E-state index in [0.717, 1.165) is 4.90 Å². The van der Waals surface area contributed by atoms with Gasteiger partial charge in [0.1, 0.15) is 34.1 Å². The molecule has 1 N–H and O–H groups in total. The Labute approximate surface area is 219 Å². The molecule has 4 aromatic rings. The zero-order chi connectivity index (χ0) is 28.8. The maximum Gasteiger partial charge on any atom is 0.387 e. The van der Waals surface area contributed by atoms with Gasteiger partial charge in [0.15, 0.2) is 5.65 Å². The van der Waals surface area contributed by atoms with Crippen LogP contribution >= 0.6 is 0 Å². The number of halogens is 2. The Bertz CT molecular complexity index is 1740. The SMILES string of the molecule is [2H]C([2H])([2H])N1C(=O)c2cccc(OC(F)F)c2[C@H]2C[C@@H]1c1nc3ccc(-c4cnc5c(c4)OCCC5(C)O)nc3n12. The molecule has 3 aliphatic rings. The van der Waals surface area contributed by atoms with Crippen molar-refractivity contribution in [2.75, 3.05) is 13.6 Å². The van der Waals surface area contributed by atoms with Gasteiger partial charge in [-0.15, -0.1) is 0 Å². The number of aliphatic hydroxyl groups is 1. The molecule has 9 nitrogen and oxygen atoms in total. The van der Waals surface area contributed by atoms with E-state index in [4.69, 9.17) is 18.6 Å². The maximum absolute atomic E-state index is 13.6. The molecule has 7 rings (SSSR count). The number of carbonyl (C=O) groups excluding carboxylic acids is 1. The molecule has 1 unspecified atom stereocenters. The number of pyridine rings is 2. The number of carbonyl (C=O) groups is 1. The Morgan fingerprint density at radius 2 is 2.13 bits per heavy atom. The van der Waals surface area contributed by atoms with E-state index in [2.05, 4.69) is 9.97 Å². The van der Waals surface area contributed by atoms with Gasteiger partial charge in [-0.1, -0.05) is 6.07 Å². The highest BCUT2D eigenvalue weighted by Gasteiger charge is 2.45. The van der Waals surface area contributed by atoms with Crippen molar-refractivity contribution in [2.45, 2.75) is 44.1 Å². The third-order valence-corrected chi connectivity index (χ3v) is 7.50. The molecule has 38 heavy (non-hydrogen) atoms. The Morgan fingerprint density at radius 1 is 1.26 bits per heavy atom. The number of hydrogen-bond acceptors (Lipinski definition) is 7. The Kier molecular flexibility index (Phi) is 4.16. The molecule has 11 heteroatoms. The zero-order valence-corrected chi connectivity index (χ0v) is 20.1. The number of imidazole rings is 1. The highest BCUT2D eigenvalue weighted by Crippen LogP contribution is 2.50. The summed E-state index contributed by atoms with van der Waals surface area (Å²) in [6.45, 7) is -3.97. The number of aromatic nitrogens is 4. The fourth-order valence-corrected chi connectivity index (χ4v) is 5.71. The lowest BCUT2D eigenvalue weighted by atomic mass is 9.94. The zero-order valence-electron chi connectivity index (χ0n) is 23.1. The molecule has 3 aliphatic heterocycles. The van der Waals surface area contributed by atoms with Crippen LogP contribution in [0.1, 0.15) is 63.4 Å². The standard InChI is InChI=1S/C27H23F2N5O4/c1-27(36)8-9-37-20-10-13(12-30-22(20)27)15-6-7-16-23(31-15)34-17-11-18(24(34)32-16)33(2)25(35)14-4-3-5-19(21(14)17)38-26(28)29/h3-7,10,12,17-18,26,36H,8-9,11H2,1-2H3/t17-,18-,27?/m1/s1/i2D3. The predicted molar refractivity (Wildman–Crippen MR) is 131 cm³/mol. The van der Waals surface area contributed by atoms with Gasteiger partial charge in [-0.3, -0.25) is 9.78 Å². The largest absolute Gasteiger partial charge is 0.491 e. The molecule has 1 aromatic carbocycles.